The van der Waals surface area contributed by atoms with Gasteiger partial charge < -0.3 is 9.72 Å². The number of carbonyl (C=O) groups excluding carboxylic acids is 1. The number of nitrogens with zero attached hydrogens (tertiary/aromatic N) is 2. The van der Waals surface area contributed by atoms with E-state index in [1.807, 2.05) is 0 Å². The van der Waals surface area contributed by atoms with Crippen LogP contribution in [0.15, 0.2) is 18.6 Å². The van der Waals surface area contributed by atoms with E-state index in [2.05, 4.69) is 10.1 Å². The third-order valence-electron chi connectivity index (χ3n) is 1.74. The molecule has 0 saturated heterocycles. The molecule has 6 heteroatoms. The van der Waals surface area contributed by atoms with Gasteiger partial charge in [0.25, 0.3) is 0 Å². The summed E-state index contributed by atoms with van der Waals surface area (Å²) < 4.78 is 6.04. The lowest BCUT2D eigenvalue weighted by atomic mass is 10.4. The van der Waals surface area contributed by atoms with Gasteiger partial charge in [-0.2, -0.15) is 9.78 Å². The fraction of sp³-hybridized carbons (Fsp3) is 0.250. The molecule has 2 aromatic heterocycles. The molecule has 0 bridgehead atoms. The second kappa shape index (κ2) is 4.15. The number of nitrogens with one attached hydrogen (secondary N) is 1. The van der Waals surface area contributed by atoms with Gasteiger partial charge in [-0.3, -0.25) is 0 Å². The van der Waals surface area contributed by atoms with Crippen molar-refractivity contribution in [1.82, 2.24) is 14.8 Å². The van der Waals surface area contributed by atoms with Crippen LogP contribution in [-0.4, -0.2) is 27.5 Å². The first-order chi connectivity index (χ1) is 6.33. The second-order valence-electron chi connectivity index (χ2n) is 2.55. The van der Waals surface area contributed by atoms with Gasteiger partial charge in [0.15, 0.2) is 0 Å². The molecule has 0 amide bonds. The van der Waals surface area contributed by atoms with E-state index < -0.39 is 6.09 Å². The minimum Gasteiger partial charge on any atom is -0.448 e. The van der Waals surface area contributed by atoms with Crippen molar-refractivity contribution in [3.8, 4) is 0 Å². The monoisotopic (exact) mass is 215 g/mol. The molecule has 2 heterocycles. The summed E-state index contributed by atoms with van der Waals surface area (Å²) in [5, 5.41) is 4.79. The highest BCUT2D eigenvalue weighted by Crippen LogP contribution is 2.11. The number of aromatic amines is 1. The van der Waals surface area contributed by atoms with Crippen molar-refractivity contribution in [3.63, 3.8) is 0 Å². The molecule has 14 heavy (non-hydrogen) atoms. The Bertz CT molecular complexity index is 434. The zero-order valence-electron chi connectivity index (χ0n) is 7.56. The summed E-state index contributed by atoms with van der Waals surface area (Å²) in [5.74, 6) is 0. The van der Waals surface area contributed by atoms with Crippen molar-refractivity contribution in [2.24, 2.45) is 0 Å². The maximum absolute atomic E-state index is 11.3. The summed E-state index contributed by atoms with van der Waals surface area (Å²) in [5.41, 5.74) is 0.735. The van der Waals surface area contributed by atoms with Gasteiger partial charge in [-0.05, 0) is 6.92 Å². The van der Waals surface area contributed by atoms with Crippen LogP contribution in [0.1, 0.15) is 6.92 Å². The van der Waals surface area contributed by atoms with Gasteiger partial charge in [-0.25, -0.2) is 4.79 Å². The Kier molecular flexibility index (Phi) is 3.14. The van der Waals surface area contributed by atoms with Gasteiger partial charge in [-0.1, -0.05) is 0 Å². The number of hydrogen-bond donors (Lipinski definition) is 1. The van der Waals surface area contributed by atoms with E-state index in [1.165, 1.54) is 4.68 Å². The highest BCUT2D eigenvalue weighted by atomic mass is 35.5. The molecule has 0 atom stereocenters. The molecule has 5 nitrogen and oxygen atoms in total. The summed E-state index contributed by atoms with van der Waals surface area (Å²) in [4.78, 5) is 14.2. The highest BCUT2D eigenvalue weighted by molar-refractivity contribution is 5.87. The van der Waals surface area contributed by atoms with Crippen molar-refractivity contribution in [2.75, 3.05) is 6.61 Å². The number of H-pyrrole nitrogens is 1. The number of carbonyl (C=O) groups is 1. The lowest BCUT2D eigenvalue weighted by Crippen LogP contribution is -2.14. The van der Waals surface area contributed by atoms with Crippen LogP contribution in [-0.2, 0) is 4.74 Å². The Hall–Kier alpha value is -1.49. The summed E-state index contributed by atoms with van der Waals surface area (Å²) in [6.07, 6.45) is 4.65. The smallest absolute Gasteiger partial charge is 0.435 e. The molecule has 0 radical (unpaired) electrons. The molecule has 0 unspecified atom stereocenters. The van der Waals surface area contributed by atoms with E-state index in [9.17, 15) is 4.79 Å². The molecule has 76 valence electrons. The molecule has 2 aromatic rings. The summed E-state index contributed by atoms with van der Waals surface area (Å²) in [6, 6.07) is 0. The van der Waals surface area contributed by atoms with Crippen molar-refractivity contribution in [2.45, 2.75) is 6.92 Å². The normalized spacial score (nSPS) is 9.79. The molecule has 0 spiro atoms. The maximum atomic E-state index is 11.3. The number of halogens is 1. The molecule has 0 aliphatic carbocycles. The van der Waals surface area contributed by atoms with Gasteiger partial charge in [0.2, 0.25) is 0 Å². The first-order valence-electron chi connectivity index (χ1n) is 4.00. The fourth-order valence-corrected chi connectivity index (χ4v) is 1.17. The van der Waals surface area contributed by atoms with Crippen LogP contribution < -0.4 is 0 Å². The number of ether oxygens (including phenoxy) is 1. The van der Waals surface area contributed by atoms with Crippen molar-refractivity contribution >= 4 is 29.4 Å². The zero-order valence-corrected chi connectivity index (χ0v) is 8.37. The van der Waals surface area contributed by atoms with Crippen LogP contribution in [0, 0.1) is 0 Å². The van der Waals surface area contributed by atoms with Gasteiger partial charge >= 0.3 is 6.09 Å². The fourth-order valence-electron chi connectivity index (χ4n) is 1.17. The highest BCUT2D eigenvalue weighted by Gasteiger charge is 2.10. The first-order valence-corrected chi connectivity index (χ1v) is 4.00. The standard InChI is InChI=1S/C8H9N3O2.ClH/c1-2-13-8(12)11-7-5-9-3-6(7)4-10-11;/h3-5,9H,2H2,1H3;1H. The van der Waals surface area contributed by atoms with E-state index in [1.54, 1.807) is 25.5 Å². The van der Waals surface area contributed by atoms with Gasteiger partial charge in [0.05, 0.1) is 18.3 Å². The quantitative estimate of drug-likeness (QED) is 0.789. The van der Waals surface area contributed by atoms with Crippen LogP contribution >= 0.6 is 12.4 Å². The predicted octanol–water partition coefficient (Wildman–Crippen LogP) is 1.79. The Morgan fingerprint density at radius 1 is 1.64 bits per heavy atom. The Balaban J connectivity index is 0.000000980. The molecule has 0 aliphatic rings. The SMILES string of the molecule is CCOC(=O)n1ncc2c[nH]cc21.Cl. The van der Waals surface area contributed by atoms with Crippen LogP contribution in [0.4, 0.5) is 4.79 Å². The minimum absolute atomic E-state index is 0. The molecular formula is C8H10ClN3O2. The molecule has 1 N–H and O–H groups in total. The average molecular weight is 216 g/mol. The van der Waals surface area contributed by atoms with Gasteiger partial charge in [0.1, 0.15) is 0 Å². The van der Waals surface area contributed by atoms with Crippen LogP contribution in [0.2, 0.25) is 0 Å². The third-order valence-corrected chi connectivity index (χ3v) is 1.74. The van der Waals surface area contributed by atoms with Gasteiger partial charge in [0, 0.05) is 17.8 Å². The maximum Gasteiger partial charge on any atom is 0.435 e. The third kappa shape index (κ3) is 1.58. The molecular weight excluding hydrogens is 206 g/mol. The van der Waals surface area contributed by atoms with Crippen molar-refractivity contribution in [1.29, 1.82) is 0 Å². The molecule has 0 aliphatic heterocycles. The van der Waals surface area contributed by atoms with E-state index >= 15 is 0 Å². The Morgan fingerprint density at radius 2 is 2.43 bits per heavy atom. The number of aromatic nitrogens is 3. The van der Waals surface area contributed by atoms with E-state index in [0.29, 0.717) is 6.61 Å². The Morgan fingerprint density at radius 3 is 3.14 bits per heavy atom. The predicted molar refractivity (Wildman–Crippen MR) is 53.8 cm³/mol. The largest absolute Gasteiger partial charge is 0.448 e. The lowest BCUT2D eigenvalue weighted by molar-refractivity contribution is 0.151. The van der Waals surface area contributed by atoms with Crippen LogP contribution in [0.3, 0.4) is 0 Å². The first kappa shape index (κ1) is 10.6. The van der Waals surface area contributed by atoms with E-state index in [-0.39, 0.29) is 12.4 Å². The van der Waals surface area contributed by atoms with Crippen molar-refractivity contribution in [3.05, 3.63) is 18.6 Å². The second-order valence-corrected chi connectivity index (χ2v) is 2.55. The molecule has 0 aromatic carbocycles. The minimum atomic E-state index is -0.447. The van der Waals surface area contributed by atoms with Crippen molar-refractivity contribution < 1.29 is 9.53 Å². The zero-order chi connectivity index (χ0) is 9.26. The van der Waals surface area contributed by atoms with Crippen LogP contribution in [0.5, 0.6) is 0 Å². The number of hydrogen-bond acceptors (Lipinski definition) is 3. The summed E-state index contributed by atoms with van der Waals surface area (Å²) in [7, 11) is 0. The van der Waals surface area contributed by atoms with E-state index in [0.717, 1.165) is 10.9 Å². The van der Waals surface area contributed by atoms with Gasteiger partial charge in [-0.15, -0.1) is 12.4 Å². The average Bonchev–Trinajstić information content (AvgIpc) is 2.62. The summed E-state index contributed by atoms with van der Waals surface area (Å²) >= 11 is 0. The summed E-state index contributed by atoms with van der Waals surface area (Å²) in [6.45, 7) is 2.11. The van der Waals surface area contributed by atoms with Crippen LogP contribution in [0.25, 0.3) is 10.9 Å². The topological polar surface area (TPSA) is 59.9 Å². The van der Waals surface area contributed by atoms with E-state index in [4.69, 9.17) is 4.74 Å². The molecule has 0 fully saturated rings. The lowest BCUT2D eigenvalue weighted by Gasteiger charge is -1.99. The number of rotatable bonds is 1. The molecule has 0 saturated carbocycles. The molecule has 2 rings (SSSR count). The Labute approximate surface area is 86.5 Å². The number of fused-ring (bicyclic) bond motifs is 1.